The maximum absolute atomic E-state index is 4.27. The van der Waals surface area contributed by atoms with Crippen LogP contribution in [0.25, 0.3) is 5.57 Å². The lowest BCUT2D eigenvalue weighted by Crippen LogP contribution is -2.06. The summed E-state index contributed by atoms with van der Waals surface area (Å²) in [6.07, 6.45) is 8.27. The van der Waals surface area contributed by atoms with Gasteiger partial charge in [0, 0.05) is 5.25 Å². The standard InChI is InChI=1S/C15H18S/c1-13(14-9-5-4-6-10-14)15-11-7-2-3-8-12-16-15/h2,4-7,9-10,15H,1,3,8,11-12H2/b7-2-. The molecule has 1 aromatic carbocycles. The Kier molecular flexibility index (Phi) is 4.29. The molecular formula is C15H18S. The van der Waals surface area contributed by atoms with E-state index in [4.69, 9.17) is 0 Å². The summed E-state index contributed by atoms with van der Waals surface area (Å²) in [4.78, 5) is 0. The van der Waals surface area contributed by atoms with Gasteiger partial charge in [-0.1, -0.05) is 49.1 Å². The van der Waals surface area contributed by atoms with E-state index in [1.807, 2.05) is 11.8 Å². The van der Waals surface area contributed by atoms with Crippen molar-refractivity contribution in [1.29, 1.82) is 0 Å². The fraction of sp³-hybridized carbons (Fsp3) is 0.333. The molecular weight excluding hydrogens is 212 g/mol. The molecule has 16 heavy (non-hydrogen) atoms. The second-order valence-electron chi connectivity index (χ2n) is 4.10. The van der Waals surface area contributed by atoms with Crippen molar-refractivity contribution in [2.24, 2.45) is 0 Å². The van der Waals surface area contributed by atoms with Crippen molar-refractivity contribution >= 4 is 17.3 Å². The fourth-order valence-electron chi connectivity index (χ4n) is 1.91. The summed E-state index contributed by atoms with van der Waals surface area (Å²) in [7, 11) is 0. The minimum Gasteiger partial charge on any atom is -0.153 e. The first-order chi connectivity index (χ1) is 7.88. The van der Waals surface area contributed by atoms with E-state index in [1.165, 1.54) is 29.7 Å². The highest BCUT2D eigenvalue weighted by Gasteiger charge is 2.13. The van der Waals surface area contributed by atoms with Crippen LogP contribution in [0.3, 0.4) is 0 Å². The molecule has 1 aliphatic heterocycles. The Hall–Kier alpha value is -0.950. The molecule has 0 bridgehead atoms. The predicted octanol–water partition coefficient (Wildman–Crippen LogP) is 4.54. The van der Waals surface area contributed by atoms with E-state index in [2.05, 4.69) is 49.1 Å². The molecule has 1 heterocycles. The molecule has 0 saturated heterocycles. The van der Waals surface area contributed by atoms with Crippen LogP contribution in [0, 0.1) is 0 Å². The summed E-state index contributed by atoms with van der Waals surface area (Å²) in [6.45, 7) is 4.27. The highest BCUT2D eigenvalue weighted by molar-refractivity contribution is 8.00. The van der Waals surface area contributed by atoms with Crippen LogP contribution in [-0.2, 0) is 0 Å². The molecule has 0 spiro atoms. The minimum atomic E-state index is 0.555. The largest absolute Gasteiger partial charge is 0.153 e. The number of thioether (sulfide) groups is 1. The zero-order valence-corrected chi connectivity index (χ0v) is 10.4. The second kappa shape index (κ2) is 5.95. The summed E-state index contributed by atoms with van der Waals surface area (Å²) >= 11 is 2.05. The van der Waals surface area contributed by atoms with Crippen LogP contribution in [0.1, 0.15) is 24.8 Å². The average molecular weight is 230 g/mol. The van der Waals surface area contributed by atoms with Crippen LogP contribution in [0.5, 0.6) is 0 Å². The molecule has 0 radical (unpaired) electrons. The molecule has 0 N–H and O–H groups in total. The molecule has 1 unspecified atom stereocenters. The summed E-state index contributed by atoms with van der Waals surface area (Å²) in [5.41, 5.74) is 2.56. The number of hydrogen-bond donors (Lipinski definition) is 0. The van der Waals surface area contributed by atoms with Crippen molar-refractivity contribution in [1.82, 2.24) is 0 Å². The number of benzene rings is 1. The Morgan fingerprint density at radius 1 is 1.19 bits per heavy atom. The van der Waals surface area contributed by atoms with Gasteiger partial charge in [0.05, 0.1) is 0 Å². The van der Waals surface area contributed by atoms with Gasteiger partial charge in [-0.05, 0) is 36.2 Å². The fourth-order valence-corrected chi connectivity index (χ4v) is 3.12. The molecule has 0 saturated carbocycles. The zero-order valence-electron chi connectivity index (χ0n) is 9.56. The third-order valence-corrected chi connectivity index (χ3v) is 4.29. The molecule has 1 aliphatic rings. The monoisotopic (exact) mass is 230 g/mol. The van der Waals surface area contributed by atoms with Gasteiger partial charge in [-0.15, -0.1) is 0 Å². The van der Waals surface area contributed by atoms with Gasteiger partial charge in [0.1, 0.15) is 0 Å². The van der Waals surface area contributed by atoms with Gasteiger partial charge in [-0.2, -0.15) is 11.8 Å². The van der Waals surface area contributed by atoms with Crippen LogP contribution >= 0.6 is 11.8 Å². The Labute approximate surface area is 102 Å². The summed E-state index contributed by atoms with van der Waals surface area (Å²) in [5.74, 6) is 1.25. The van der Waals surface area contributed by atoms with Crippen molar-refractivity contribution in [3.05, 3.63) is 54.6 Å². The minimum absolute atomic E-state index is 0.555. The molecule has 0 amide bonds. The van der Waals surface area contributed by atoms with Gasteiger partial charge >= 0.3 is 0 Å². The van der Waals surface area contributed by atoms with Crippen LogP contribution < -0.4 is 0 Å². The second-order valence-corrected chi connectivity index (χ2v) is 5.41. The Morgan fingerprint density at radius 3 is 2.81 bits per heavy atom. The van der Waals surface area contributed by atoms with Crippen LogP contribution in [0.4, 0.5) is 0 Å². The van der Waals surface area contributed by atoms with Crippen molar-refractivity contribution in [2.75, 3.05) is 5.75 Å². The average Bonchev–Trinajstić information content (AvgIpc) is 2.29. The van der Waals surface area contributed by atoms with Crippen molar-refractivity contribution < 1.29 is 0 Å². The lowest BCUT2D eigenvalue weighted by molar-refractivity contribution is 0.937. The molecule has 0 aliphatic carbocycles. The summed E-state index contributed by atoms with van der Waals surface area (Å²) in [5, 5.41) is 0.555. The molecule has 2 rings (SSSR count). The first-order valence-corrected chi connectivity index (χ1v) is 6.93. The summed E-state index contributed by atoms with van der Waals surface area (Å²) in [6, 6.07) is 10.5. The number of rotatable bonds is 2. The lowest BCUT2D eigenvalue weighted by atomic mass is 10.0. The zero-order chi connectivity index (χ0) is 11.2. The van der Waals surface area contributed by atoms with Gasteiger partial charge in [-0.3, -0.25) is 0 Å². The number of allylic oxidation sites excluding steroid dienone is 2. The molecule has 1 atom stereocenters. The normalized spacial score (nSPS) is 23.1. The maximum Gasteiger partial charge on any atom is 0.0331 e. The highest BCUT2D eigenvalue weighted by Crippen LogP contribution is 2.31. The van der Waals surface area contributed by atoms with E-state index in [9.17, 15) is 0 Å². The SMILES string of the molecule is C=C(c1ccccc1)C1C/C=C\CCCS1. The molecule has 0 aromatic heterocycles. The highest BCUT2D eigenvalue weighted by atomic mass is 32.2. The smallest absolute Gasteiger partial charge is 0.0331 e. The Morgan fingerprint density at radius 2 is 2.00 bits per heavy atom. The van der Waals surface area contributed by atoms with Gasteiger partial charge in [0.25, 0.3) is 0 Å². The van der Waals surface area contributed by atoms with Gasteiger partial charge < -0.3 is 0 Å². The van der Waals surface area contributed by atoms with Crippen molar-refractivity contribution in [2.45, 2.75) is 24.5 Å². The van der Waals surface area contributed by atoms with E-state index in [-0.39, 0.29) is 0 Å². The topological polar surface area (TPSA) is 0 Å². The van der Waals surface area contributed by atoms with Crippen LogP contribution in [0.2, 0.25) is 0 Å². The van der Waals surface area contributed by atoms with E-state index in [0.29, 0.717) is 5.25 Å². The summed E-state index contributed by atoms with van der Waals surface area (Å²) < 4.78 is 0. The Balaban J connectivity index is 2.08. The van der Waals surface area contributed by atoms with Gasteiger partial charge in [0.15, 0.2) is 0 Å². The lowest BCUT2D eigenvalue weighted by Gasteiger charge is -2.19. The molecule has 0 fully saturated rings. The molecule has 1 heteroatoms. The molecule has 0 nitrogen and oxygen atoms in total. The maximum atomic E-state index is 4.27. The van der Waals surface area contributed by atoms with Crippen LogP contribution in [0.15, 0.2) is 49.1 Å². The van der Waals surface area contributed by atoms with E-state index in [1.54, 1.807) is 0 Å². The van der Waals surface area contributed by atoms with Crippen molar-refractivity contribution in [3.63, 3.8) is 0 Å². The predicted molar refractivity (Wildman–Crippen MR) is 74.7 cm³/mol. The van der Waals surface area contributed by atoms with Crippen molar-refractivity contribution in [3.8, 4) is 0 Å². The van der Waals surface area contributed by atoms with E-state index in [0.717, 1.165) is 6.42 Å². The van der Waals surface area contributed by atoms with E-state index < -0.39 is 0 Å². The molecule has 1 aromatic rings. The van der Waals surface area contributed by atoms with E-state index >= 15 is 0 Å². The van der Waals surface area contributed by atoms with Gasteiger partial charge in [0.2, 0.25) is 0 Å². The number of hydrogen-bond acceptors (Lipinski definition) is 1. The third-order valence-electron chi connectivity index (χ3n) is 2.88. The van der Waals surface area contributed by atoms with Gasteiger partial charge in [-0.25, -0.2) is 0 Å². The first kappa shape index (κ1) is 11.5. The quantitative estimate of drug-likeness (QED) is 0.672. The first-order valence-electron chi connectivity index (χ1n) is 5.89. The molecule has 84 valence electrons. The third kappa shape index (κ3) is 3.02. The van der Waals surface area contributed by atoms with Crippen LogP contribution in [-0.4, -0.2) is 11.0 Å². The Bertz CT molecular complexity index is 364.